The topological polar surface area (TPSA) is 48.5 Å². The molecule has 5 rings (SSSR count). The average molecular weight is 418 g/mol. The number of benzene rings is 1. The van der Waals surface area contributed by atoms with E-state index in [2.05, 4.69) is 72.1 Å². The summed E-state index contributed by atoms with van der Waals surface area (Å²) < 4.78 is 5.11. The molecule has 0 saturated carbocycles. The molecule has 0 amide bonds. The van der Waals surface area contributed by atoms with Gasteiger partial charge in [-0.1, -0.05) is 30.3 Å². The molecule has 4 aromatic heterocycles. The SMILES string of the molecule is Brc1cnc2c(c1)c(Cn1ncc3cccnc31)cn2Cc1ccccc1. The van der Waals surface area contributed by atoms with Crippen molar-refractivity contribution in [3.63, 3.8) is 0 Å². The fraction of sp³-hybridized carbons (Fsp3) is 0.0952. The molecule has 0 bridgehead atoms. The molecule has 27 heavy (non-hydrogen) atoms. The Morgan fingerprint density at radius 3 is 2.67 bits per heavy atom. The molecule has 0 unspecified atom stereocenters. The van der Waals surface area contributed by atoms with Gasteiger partial charge in [-0.3, -0.25) is 0 Å². The zero-order valence-corrected chi connectivity index (χ0v) is 16.0. The van der Waals surface area contributed by atoms with E-state index in [1.807, 2.05) is 35.3 Å². The van der Waals surface area contributed by atoms with Gasteiger partial charge in [0, 0.05) is 45.9 Å². The largest absolute Gasteiger partial charge is 0.328 e. The summed E-state index contributed by atoms with van der Waals surface area (Å²) in [6.45, 7) is 1.43. The Morgan fingerprint density at radius 1 is 0.889 bits per heavy atom. The summed E-state index contributed by atoms with van der Waals surface area (Å²) >= 11 is 3.55. The molecule has 0 aliphatic carbocycles. The third-order valence-electron chi connectivity index (χ3n) is 4.68. The van der Waals surface area contributed by atoms with E-state index in [1.54, 1.807) is 6.20 Å². The molecule has 0 radical (unpaired) electrons. The van der Waals surface area contributed by atoms with E-state index in [1.165, 1.54) is 11.1 Å². The lowest BCUT2D eigenvalue weighted by atomic mass is 10.2. The van der Waals surface area contributed by atoms with Gasteiger partial charge in [0.25, 0.3) is 0 Å². The predicted molar refractivity (Wildman–Crippen MR) is 110 cm³/mol. The zero-order valence-electron chi connectivity index (χ0n) is 14.5. The van der Waals surface area contributed by atoms with Gasteiger partial charge in [0.15, 0.2) is 5.65 Å². The minimum absolute atomic E-state index is 0.650. The van der Waals surface area contributed by atoms with E-state index in [0.29, 0.717) is 6.54 Å². The second-order valence-electron chi connectivity index (χ2n) is 6.51. The molecular formula is C21H16BrN5. The fourth-order valence-electron chi connectivity index (χ4n) is 3.43. The monoisotopic (exact) mass is 417 g/mol. The van der Waals surface area contributed by atoms with Crippen LogP contribution in [-0.4, -0.2) is 24.3 Å². The van der Waals surface area contributed by atoms with Gasteiger partial charge < -0.3 is 4.57 Å². The Kier molecular flexibility index (Phi) is 3.98. The smallest absolute Gasteiger partial charge is 0.158 e. The minimum Gasteiger partial charge on any atom is -0.328 e. The van der Waals surface area contributed by atoms with Gasteiger partial charge in [-0.05, 0) is 39.7 Å². The Morgan fingerprint density at radius 2 is 1.78 bits per heavy atom. The summed E-state index contributed by atoms with van der Waals surface area (Å²) in [4.78, 5) is 9.14. The number of nitrogens with zero attached hydrogens (tertiary/aromatic N) is 5. The van der Waals surface area contributed by atoms with E-state index in [-0.39, 0.29) is 0 Å². The summed E-state index contributed by atoms with van der Waals surface area (Å²) in [6.07, 6.45) is 7.68. The standard InChI is InChI=1S/C21H16BrN5/c22-18-9-19-17(14-27-20-16(10-25-27)7-4-8-23-20)13-26(21(19)24-11-18)12-15-5-2-1-3-6-15/h1-11,13H,12,14H2. The Labute approximate surface area is 164 Å². The molecule has 0 N–H and O–H groups in total. The van der Waals surface area contributed by atoms with Crippen LogP contribution >= 0.6 is 15.9 Å². The summed E-state index contributed by atoms with van der Waals surface area (Å²) in [6, 6.07) is 16.5. The summed E-state index contributed by atoms with van der Waals surface area (Å²) in [5, 5.41) is 6.70. The van der Waals surface area contributed by atoms with Crippen LogP contribution in [0.1, 0.15) is 11.1 Å². The molecule has 0 fully saturated rings. The lowest BCUT2D eigenvalue weighted by molar-refractivity contribution is 0.702. The second-order valence-corrected chi connectivity index (χ2v) is 7.43. The van der Waals surface area contributed by atoms with Crippen LogP contribution < -0.4 is 0 Å². The number of hydrogen-bond donors (Lipinski definition) is 0. The second kappa shape index (κ2) is 6.63. The lowest BCUT2D eigenvalue weighted by Gasteiger charge is -2.04. The number of hydrogen-bond acceptors (Lipinski definition) is 3. The average Bonchev–Trinajstić information content (AvgIpc) is 3.25. The Balaban J connectivity index is 1.60. The van der Waals surface area contributed by atoms with Gasteiger partial charge in [0.1, 0.15) is 5.65 Å². The Bertz CT molecular complexity index is 1240. The molecule has 6 heteroatoms. The van der Waals surface area contributed by atoms with Crippen LogP contribution in [0, 0.1) is 0 Å². The van der Waals surface area contributed by atoms with Crippen molar-refractivity contribution in [2.24, 2.45) is 0 Å². The van der Waals surface area contributed by atoms with Gasteiger partial charge in [0.2, 0.25) is 0 Å². The van der Waals surface area contributed by atoms with Gasteiger partial charge in [-0.15, -0.1) is 0 Å². The quantitative estimate of drug-likeness (QED) is 0.427. The number of aromatic nitrogens is 5. The van der Waals surface area contributed by atoms with Crippen LogP contribution in [0.4, 0.5) is 0 Å². The van der Waals surface area contributed by atoms with E-state index < -0.39 is 0 Å². The van der Waals surface area contributed by atoms with E-state index >= 15 is 0 Å². The van der Waals surface area contributed by atoms with Crippen molar-refractivity contribution in [2.75, 3.05) is 0 Å². The highest BCUT2D eigenvalue weighted by molar-refractivity contribution is 9.10. The highest BCUT2D eigenvalue weighted by Crippen LogP contribution is 2.25. The van der Waals surface area contributed by atoms with Crippen LogP contribution in [0.2, 0.25) is 0 Å². The summed E-state index contributed by atoms with van der Waals surface area (Å²) in [5.41, 5.74) is 4.29. The first-order valence-electron chi connectivity index (χ1n) is 8.72. The van der Waals surface area contributed by atoms with Crippen molar-refractivity contribution in [2.45, 2.75) is 13.1 Å². The van der Waals surface area contributed by atoms with Gasteiger partial charge in [0.05, 0.1) is 12.7 Å². The first-order chi connectivity index (χ1) is 13.3. The molecule has 5 nitrogen and oxygen atoms in total. The van der Waals surface area contributed by atoms with E-state index in [0.717, 1.165) is 33.1 Å². The van der Waals surface area contributed by atoms with E-state index in [4.69, 9.17) is 0 Å². The maximum Gasteiger partial charge on any atom is 0.158 e. The maximum absolute atomic E-state index is 4.66. The minimum atomic E-state index is 0.650. The number of rotatable bonds is 4. The Hall–Kier alpha value is -2.99. The first-order valence-corrected chi connectivity index (χ1v) is 9.51. The maximum atomic E-state index is 4.66. The molecule has 0 atom stereocenters. The zero-order chi connectivity index (χ0) is 18.2. The lowest BCUT2D eigenvalue weighted by Crippen LogP contribution is -2.02. The van der Waals surface area contributed by atoms with Crippen molar-refractivity contribution >= 4 is 38.0 Å². The molecule has 0 saturated heterocycles. The molecule has 1 aromatic carbocycles. The van der Waals surface area contributed by atoms with Crippen LogP contribution in [-0.2, 0) is 13.1 Å². The molecule has 0 spiro atoms. The highest BCUT2D eigenvalue weighted by Gasteiger charge is 2.13. The van der Waals surface area contributed by atoms with Crippen LogP contribution in [0.5, 0.6) is 0 Å². The number of halogens is 1. The van der Waals surface area contributed by atoms with Gasteiger partial charge in [-0.25, -0.2) is 14.6 Å². The fourth-order valence-corrected chi connectivity index (χ4v) is 3.76. The van der Waals surface area contributed by atoms with Crippen LogP contribution in [0.15, 0.2) is 77.8 Å². The van der Waals surface area contributed by atoms with Crippen molar-refractivity contribution in [1.29, 1.82) is 0 Å². The molecule has 5 aromatic rings. The molecule has 0 aliphatic rings. The molecule has 4 heterocycles. The normalized spacial score (nSPS) is 11.4. The summed E-state index contributed by atoms with van der Waals surface area (Å²) in [7, 11) is 0. The van der Waals surface area contributed by atoms with Crippen molar-refractivity contribution in [3.05, 3.63) is 88.9 Å². The van der Waals surface area contributed by atoms with Crippen molar-refractivity contribution in [1.82, 2.24) is 24.3 Å². The molecule has 132 valence electrons. The van der Waals surface area contributed by atoms with Crippen LogP contribution in [0.25, 0.3) is 22.1 Å². The third-order valence-corrected chi connectivity index (χ3v) is 5.11. The van der Waals surface area contributed by atoms with E-state index in [9.17, 15) is 0 Å². The van der Waals surface area contributed by atoms with Gasteiger partial charge in [-0.2, -0.15) is 5.10 Å². The van der Waals surface area contributed by atoms with Crippen LogP contribution in [0.3, 0.4) is 0 Å². The van der Waals surface area contributed by atoms with Crippen molar-refractivity contribution in [3.8, 4) is 0 Å². The number of pyridine rings is 2. The highest BCUT2D eigenvalue weighted by atomic mass is 79.9. The van der Waals surface area contributed by atoms with Gasteiger partial charge >= 0.3 is 0 Å². The predicted octanol–water partition coefficient (Wildman–Crippen LogP) is 4.64. The molecule has 0 aliphatic heterocycles. The third kappa shape index (κ3) is 3.02. The first kappa shape index (κ1) is 16.2. The summed E-state index contributed by atoms with van der Waals surface area (Å²) in [5.74, 6) is 0. The molecular weight excluding hydrogens is 402 g/mol. The number of fused-ring (bicyclic) bond motifs is 2. The van der Waals surface area contributed by atoms with Crippen molar-refractivity contribution < 1.29 is 0 Å².